The predicted molar refractivity (Wildman–Crippen MR) is 98.7 cm³/mol. The number of hydrogen-bond donors (Lipinski definition) is 1. The molecular weight excluding hydrogens is 415 g/mol. The zero-order valence-electron chi connectivity index (χ0n) is 13.5. The molecule has 1 aromatic carbocycles. The molecule has 0 radical (unpaired) electrons. The van der Waals surface area contributed by atoms with Gasteiger partial charge in [-0.05, 0) is 36.5 Å². The molecule has 0 spiro atoms. The zero-order chi connectivity index (χ0) is 15.9. The molecule has 1 aliphatic heterocycles. The summed E-state index contributed by atoms with van der Waals surface area (Å²) in [5, 5.41) is 3.28. The zero-order valence-corrected chi connectivity index (χ0v) is 15.8. The van der Waals surface area contributed by atoms with Gasteiger partial charge in [-0.15, -0.1) is 24.0 Å². The lowest BCUT2D eigenvalue weighted by atomic mass is 10.00. The molecule has 0 bridgehead atoms. The number of aliphatic imine (C=N–C) groups is 1. The highest BCUT2D eigenvalue weighted by Gasteiger charge is 2.18. The molecule has 0 aromatic heterocycles. The molecule has 1 N–H and O–H groups in total. The highest BCUT2D eigenvalue weighted by molar-refractivity contribution is 14.0. The van der Waals surface area contributed by atoms with Crippen molar-refractivity contribution in [3.05, 3.63) is 29.8 Å². The first-order valence-corrected chi connectivity index (χ1v) is 7.58. The van der Waals surface area contributed by atoms with E-state index in [0.29, 0.717) is 6.54 Å². The van der Waals surface area contributed by atoms with Gasteiger partial charge < -0.3 is 15.0 Å². The van der Waals surface area contributed by atoms with E-state index in [-0.39, 0.29) is 29.7 Å². The molecule has 7 heteroatoms. The maximum absolute atomic E-state index is 12.2. The molecule has 1 fully saturated rings. The van der Waals surface area contributed by atoms with Crippen LogP contribution in [0.25, 0.3) is 0 Å². The van der Waals surface area contributed by atoms with Crippen LogP contribution in [0.15, 0.2) is 29.3 Å². The van der Waals surface area contributed by atoms with Crippen molar-refractivity contribution < 1.29 is 13.5 Å². The Kier molecular flexibility index (Phi) is 8.57. The second-order valence-electron chi connectivity index (χ2n) is 5.60. The van der Waals surface area contributed by atoms with Crippen LogP contribution in [0.1, 0.15) is 25.3 Å². The minimum Gasteiger partial charge on any atom is -0.435 e. The minimum absolute atomic E-state index is 0. The van der Waals surface area contributed by atoms with Crippen LogP contribution >= 0.6 is 24.0 Å². The number of alkyl halides is 2. The van der Waals surface area contributed by atoms with Crippen molar-refractivity contribution in [2.24, 2.45) is 10.9 Å². The molecule has 0 saturated carbocycles. The van der Waals surface area contributed by atoms with Gasteiger partial charge in [0.05, 0.1) is 0 Å². The molecule has 4 nitrogen and oxygen atoms in total. The van der Waals surface area contributed by atoms with Crippen molar-refractivity contribution in [2.75, 3.05) is 20.1 Å². The first-order valence-electron chi connectivity index (χ1n) is 7.58. The molecular formula is C16H24F2IN3O. The lowest BCUT2D eigenvalue weighted by molar-refractivity contribution is -0.0498. The molecule has 1 saturated heterocycles. The lowest BCUT2D eigenvalue weighted by Gasteiger charge is -2.32. The normalized spacial score (nSPS) is 16.2. The summed E-state index contributed by atoms with van der Waals surface area (Å²) in [6, 6.07) is 6.72. The largest absolute Gasteiger partial charge is 0.435 e. The number of ether oxygens (including phenoxy) is 1. The van der Waals surface area contributed by atoms with Gasteiger partial charge in [-0.3, -0.25) is 4.99 Å². The molecule has 2 rings (SSSR count). The molecule has 130 valence electrons. The van der Waals surface area contributed by atoms with E-state index in [9.17, 15) is 8.78 Å². The summed E-state index contributed by atoms with van der Waals surface area (Å²) in [4.78, 5) is 6.54. The van der Waals surface area contributed by atoms with E-state index in [4.69, 9.17) is 0 Å². The van der Waals surface area contributed by atoms with E-state index in [0.717, 1.165) is 30.5 Å². The topological polar surface area (TPSA) is 36.9 Å². The highest BCUT2D eigenvalue weighted by atomic mass is 127. The van der Waals surface area contributed by atoms with Crippen molar-refractivity contribution in [1.29, 1.82) is 0 Å². The number of likely N-dealkylation sites (tertiary alicyclic amines) is 1. The van der Waals surface area contributed by atoms with E-state index >= 15 is 0 Å². The first-order chi connectivity index (χ1) is 10.6. The third-order valence-corrected chi connectivity index (χ3v) is 3.87. The molecule has 1 heterocycles. The van der Waals surface area contributed by atoms with Gasteiger partial charge in [0.15, 0.2) is 5.96 Å². The fourth-order valence-electron chi connectivity index (χ4n) is 2.57. The molecule has 1 aromatic rings. The lowest BCUT2D eigenvalue weighted by Crippen LogP contribution is -2.45. The third-order valence-electron chi connectivity index (χ3n) is 3.87. The van der Waals surface area contributed by atoms with Crippen LogP contribution in [-0.2, 0) is 6.54 Å². The van der Waals surface area contributed by atoms with E-state index < -0.39 is 6.61 Å². The monoisotopic (exact) mass is 439 g/mol. The third kappa shape index (κ3) is 6.48. The summed E-state index contributed by atoms with van der Waals surface area (Å²) < 4.78 is 28.9. The van der Waals surface area contributed by atoms with Crippen LogP contribution in [-0.4, -0.2) is 37.6 Å². The van der Waals surface area contributed by atoms with Gasteiger partial charge in [-0.2, -0.15) is 8.78 Å². The summed E-state index contributed by atoms with van der Waals surface area (Å²) >= 11 is 0. The fraction of sp³-hybridized carbons (Fsp3) is 0.562. The number of hydrogen-bond acceptors (Lipinski definition) is 2. The van der Waals surface area contributed by atoms with Gasteiger partial charge in [0.1, 0.15) is 5.75 Å². The molecule has 1 aliphatic rings. The van der Waals surface area contributed by atoms with Crippen molar-refractivity contribution in [3.8, 4) is 5.75 Å². The van der Waals surface area contributed by atoms with Crippen molar-refractivity contribution >= 4 is 29.9 Å². The number of benzene rings is 1. The summed E-state index contributed by atoms with van der Waals surface area (Å²) in [5.74, 6) is 1.79. The van der Waals surface area contributed by atoms with Crippen LogP contribution < -0.4 is 10.1 Å². The van der Waals surface area contributed by atoms with Crippen molar-refractivity contribution in [3.63, 3.8) is 0 Å². The summed E-state index contributed by atoms with van der Waals surface area (Å²) in [6.45, 7) is 1.98. The summed E-state index contributed by atoms with van der Waals surface area (Å²) in [6.07, 6.45) is 2.33. The van der Waals surface area contributed by atoms with Gasteiger partial charge in [-0.1, -0.05) is 19.1 Å². The Balaban J connectivity index is 0.00000264. The first kappa shape index (κ1) is 19.9. The van der Waals surface area contributed by atoms with E-state index in [1.54, 1.807) is 19.2 Å². The van der Waals surface area contributed by atoms with Gasteiger partial charge >= 0.3 is 6.61 Å². The quantitative estimate of drug-likeness (QED) is 0.442. The Labute approximate surface area is 153 Å². The van der Waals surface area contributed by atoms with E-state index in [1.165, 1.54) is 18.9 Å². The van der Waals surface area contributed by atoms with Crippen LogP contribution in [0.3, 0.4) is 0 Å². The maximum atomic E-state index is 12.2. The van der Waals surface area contributed by atoms with Gasteiger partial charge in [0.2, 0.25) is 0 Å². The Morgan fingerprint density at radius 3 is 2.70 bits per heavy atom. The van der Waals surface area contributed by atoms with Crippen LogP contribution in [0.2, 0.25) is 0 Å². The Bertz CT molecular complexity index is 506. The minimum atomic E-state index is -2.80. The van der Waals surface area contributed by atoms with E-state index in [1.807, 2.05) is 6.07 Å². The molecule has 0 amide bonds. The number of nitrogens with one attached hydrogen (secondary N) is 1. The summed E-state index contributed by atoms with van der Waals surface area (Å²) in [5.41, 5.74) is 0.879. The van der Waals surface area contributed by atoms with Crippen molar-refractivity contribution in [2.45, 2.75) is 32.9 Å². The van der Waals surface area contributed by atoms with Gasteiger partial charge in [-0.25, -0.2) is 0 Å². The summed E-state index contributed by atoms with van der Waals surface area (Å²) in [7, 11) is 1.76. The number of rotatable bonds is 4. The fourth-order valence-corrected chi connectivity index (χ4v) is 2.57. The Hall–Kier alpha value is -1.12. The number of piperidine rings is 1. The second-order valence-corrected chi connectivity index (χ2v) is 5.60. The van der Waals surface area contributed by atoms with Gasteiger partial charge in [0, 0.05) is 26.7 Å². The Morgan fingerprint density at radius 1 is 1.39 bits per heavy atom. The van der Waals surface area contributed by atoms with Crippen LogP contribution in [0, 0.1) is 5.92 Å². The van der Waals surface area contributed by atoms with Crippen LogP contribution in [0.4, 0.5) is 8.78 Å². The van der Waals surface area contributed by atoms with Crippen LogP contribution in [0.5, 0.6) is 5.75 Å². The molecule has 23 heavy (non-hydrogen) atoms. The molecule has 0 atom stereocenters. The maximum Gasteiger partial charge on any atom is 0.387 e. The number of nitrogens with zero attached hydrogens (tertiary/aromatic N) is 2. The predicted octanol–water partition coefficient (Wildman–Crippen LogP) is 3.71. The second kappa shape index (κ2) is 9.89. The standard InChI is InChI=1S/C16H23F2N3O.HI/c1-12-6-8-21(9-7-12)16(19-2)20-11-13-4-3-5-14(10-13)22-15(17)18;/h3-5,10,12,15H,6-9,11H2,1-2H3,(H,19,20);1H. The molecule has 0 aliphatic carbocycles. The van der Waals surface area contributed by atoms with E-state index in [2.05, 4.69) is 26.9 Å². The number of halogens is 3. The molecule has 0 unspecified atom stereocenters. The number of guanidine groups is 1. The van der Waals surface area contributed by atoms with Gasteiger partial charge in [0.25, 0.3) is 0 Å². The highest BCUT2D eigenvalue weighted by Crippen LogP contribution is 2.17. The smallest absolute Gasteiger partial charge is 0.387 e. The average Bonchev–Trinajstić information content (AvgIpc) is 2.49. The Morgan fingerprint density at radius 2 is 2.09 bits per heavy atom. The SMILES string of the molecule is CN=C(NCc1cccc(OC(F)F)c1)N1CCC(C)CC1.I. The average molecular weight is 439 g/mol. The van der Waals surface area contributed by atoms with Crippen molar-refractivity contribution in [1.82, 2.24) is 10.2 Å².